The maximum Gasteiger partial charge on any atom is 0.272 e. The molecule has 1 spiro atoms. The van der Waals surface area contributed by atoms with Crippen LogP contribution in [0.15, 0.2) is 18.3 Å². The van der Waals surface area contributed by atoms with Crippen molar-refractivity contribution in [2.24, 2.45) is 0 Å². The van der Waals surface area contributed by atoms with E-state index in [-0.39, 0.29) is 5.91 Å². The van der Waals surface area contributed by atoms with Crippen LogP contribution in [0.1, 0.15) is 41.0 Å². The number of piperazine rings is 1. The molecule has 2 aliphatic carbocycles. The van der Waals surface area contributed by atoms with E-state index in [2.05, 4.69) is 31.0 Å². The van der Waals surface area contributed by atoms with Gasteiger partial charge in [0.1, 0.15) is 5.69 Å². The van der Waals surface area contributed by atoms with Gasteiger partial charge in [-0.25, -0.2) is 0 Å². The van der Waals surface area contributed by atoms with Crippen molar-refractivity contribution in [1.29, 1.82) is 0 Å². The number of aromatic amines is 1. The number of aromatic nitrogens is 3. The van der Waals surface area contributed by atoms with Gasteiger partial charge in [0.2, 0.25) is 0 Å². The largest absolute Gasteiger partial charge is 0.331 e. The van der Waals surface area contributed by atoms with Gasteiger partial charge in [0.05, 0.1) is 17.4 Å². The number of carbonyl (C=O) groups excluding carboxylic acids is 1. The molecule has 6 rings (SSSR count). The molecule has 6 heteroatoms. The highest BCUT2D eigenvalue weighted by molar-refractivity contribution is 5.96. The maximum absolute atomic E-state index is 13.3. The summed E-state index contributed by atoms with van der Waals surface area (Å²) in [5.74, 6) is 0.150. The second-order valence-electron chi connectivity index (χ2n) is 7.82. The predicted octanol–water partition coefficient (Wildman–Crippen LogP) is 1.63. The molecule has 0 aromatic carbocycles. The molecule has 2 aliphatic heterocycles. The van der Waals surface area contributed by atoms with Gasteiger partial charge in [-0.2, -0.15) is 5.10 Å². The van der Waals surface area contributed by atoms with E-state index in [1.807, 2.05) is 12.3 Å². The molecule has 2 atom stereocenters. The molecule has 3 fully saturated rings. The summed E-state index contributed by atoms with van der Waals surface area (Å²) in [5.41, 5.74) is 5.17. The number of fused-ring (bicyclic) bond motifs is 3. The Labute approximate surface area is 146 Å². The van der Waals surface area contributed by atoms with E-state index in [4.69, 9.17) is 0 Å². The van der Waals surface area contributed by atoms with Crippen LogP contribution in [0.25, 0.3) is 11.3 Å². The molecule has 128 valence electrons. The molecule has 4 heterocycles. The van der Waals surface area contributed by atoms with Gasteiger partial charge in [-0.3, -0.25) is 19.8 Å². The summed E-state index contributed by atoms with van der Waals surface area (Å²) in [6.45, 7) is 3.07. The number of amides is 1. The first-order valence-corrected chi connectivity index (χ1v) is 9.35. The van der Waals surface area contributed by atoms with Gasteiger partial charge >= 0.3 is 0 Å². The third kappa shape index (κ3) is 1.66. The average Bonchev–Trinajstić information content (AvgIpc) is 3.02. The van der Waals surface area contributed by atoms with E-state index >= 15 is 0 Å². The lowest BCUT2D eigenvalue weighted by atomic mass is 9.61. The van der Waals surface area contributed by atoms with Crippen LogP contribution in [0.2, 0.25) is 0 Å². The lowest BCUT2D eigenvalue weighted by Gasteiger charge is -2.68. The van der Waals surface area contributed by atoms with E-state index in [1.54, 1.807) is 0 Å². The van der Waals surface area contributed by atoms with Crippen LogP contribution < -0.4 is 0 Å². The molecule has 25 heavy (non-hydrogen) atoms. The molecule has 1 amide bonds. The van der Waals surface area contributed by atoms with E-state index in [0.717, 1.165) is 54.9 Å². The number of hydrogen-bond acceptors (Lipinski definition) is 4. The van der Waals surface area contributed by atoms with E-state index in [9.17, 15) is 4.79 Å². The lowest BCUT2D eigenvalue weighted by molar-refractivity contribution is -0.161. The minimum absolute atomic E-state index is 0.150. The van der Waals surface area contributed by atoms with Crippen molar-refractivity contribution in [3.05, 3.63) is 35.3 Å². The van der Waals surface area contributed by atoms with E-state index < -0.39 is 0 Å². The molecule has 0 radical (unpaired) electrons. The Morgan fingerprint density at radius 2 is 2.20 bits per heavy atom. The Balaban J connectivity index is 1.36. The Morgan fingerprint density at radius 3 is 3.00 bits per heavy atom. The number of H-pyrrole nitrogens is 1. The van der Waals surface area contributed by atoms with Gasteiger partial charge in [-0.05, 0) is 44.2 Å². The zero-order chi connectivity index (χ0) is 16.6. The normalized spacial score (nSPS) is 29.6. The lowest BCUT2D eigenvalue weighted by Crippen LogP contribution is -2.79. The summed E-state index contributed by atoms with van der Waals surface area (Å²) in [5, 5.41) is 7.57. The minimum Gasteiger partial charge on any atom is -0.331 e. The molecule has 2 saturated heterocycles. The van der Waals surface area contributed by atoms with Crippen LogP contribution in [0.5, 0.6) is 0 Å². The average molecular weight is 335 g/mol. The Bertz CT molecular complexity index is 886. The SMILES string of the molecule is O=C(c1[nH]nc2c1CCc1ncccc1-2)N1CCN2CCC23CCC13. The topological polar surface area (TPSA) is 65.1 Å². The summed E-state index contributed by atoms with van der Waals surface area (Å²) in [6, 6.07) is 4.40. The first-order chi connectivity index (χ1) is 12.3. The highest BCUT2D eigenvalue weighted by Crippen LogP contribution is 2.51. The first-order valence-electron chi connectivity index (χ1n) is 9.35. The van der Waals surface area contributed by atoms with Crippen molar-refractivity contribution in [2.75, 3.05) is 19.6 Å². The second kappa shape index (κ2) is 4.69. The van der Waals surface area contributed by atoms with Crippen molar-refractivity contribution < 1.29 is 4.79 Å². The summed E-state index contributed by atoms with van der Waals surface area (Å²) in [4.78, 5) is 22.5. The van der Waals surface area contributed by atoms with Crippen LogP contribution in [0.4, 0.5) is 0 Å². The summed E-state index contributed by atoms with van der Waals surface area (Å²) >= 11 is 0. The maximum atomic E-state index is 13.3. The summed E-state index contributed by atoms with van der Waals surface area (Å²) in [7, 11) is 0. The summed E-state index contributed by atoms with van der Waals surface area (Å²) < 4.78 is 0. The van der Waals surface area contributed by atoms with Crippen LogP contribution in [0.3, 0.4) is 0 Å². The van der Waals surface area contributed by atoms with Gasteiger partial charge in [-0.15, -0.1) is 0 Å². The number of aryl methyl sites for hydroxylation is 1. The quantitative estimate of drug-likeness (QED) is 0.860. The van der Waals surface area contributed by atoms with Gasteiger partial charge < -0.3 is 4.90 Å². The number of hydrogen-bond donors (Lipinski definition) is 1. The molecule has 2 aromatic heterocycles. The fourth-order valence-electron chi connectivity index (χ4n) is 5.48. The third-order valence-electron chi connectivity index (χ3n) is 7.00. The number of pyridine rings is 1. The smallest absolute Gasteiger partial charge is 0.272 e. The molecule has 2 unspecified atom stereocenters. The van der Waals surface area contributed by atoms with Gasteiger partial charge in [-0.1, -0.05) is 0 Å². The van der Waals surface area contributed by atoms with Crippen LogP contribution >= 0.6 is 0 Å². The molecule has 1 saturated carbocycles. The number of carbonyl (C=O) groups is 1. The molecule has 2 aromatic rings. The molecular weight excluding hydrogens is 314 g/mol. The predicted molar refractivity (Wildman–Crippen MR) is 92.2 cm³/mol. The van der Waals surface area contributed by atoms with Crippen LogP contribution in [-0.2, 0) is 12.8 Å². The van der Waals surface area contributed by atoms with Gasteiger partial charge in [0, 0.05) is 42.5 Å². The number of rotatable bonds is 1. The zero-order valence-electron chi connectivity index (χ0n) is 14.2. The molecule has 4 aliphatic rings. The van der Waals surface area contributed by atoms with Crippen molar-refractivity contribution in [2.45, 2.75) is 43.7 Å². The monoisotopic (exact) mass is 335 g/mol. The first kappa shape index (κ1) is 14.0. The fraction of sp³-hybridized carbons (Fsp3) is 0.526. The van der Waals surface area contributed by atoms with E-state index in [1.165, 1.54) is 19.4 Å². The highest BCUT2D eigenvalue weighted by Gasteiger charge is 2.61. The molecule has 1 N–H and O–H groups in total. The van der Waals surface area contributed by atoms with E-state index in [0.29, 0.717) is 17.3 Å². The summed E-state index contributed by atoms with van der Waals surface area (Å²) in [6.07, 6.45) is 7.20. The van der Waals surface area contributed by atoms with Gasteiger partial charge in [0.15, 0.2) is 0 Å². The van der Waals surface area contributed by atoms with Crippen molar-refractivity contribution >= 4 is 5.91 Å². The fourth-order valence-corrected chi connectivity index (χ4v) is 5.48. The van der Waals surface area contributed by atoms with Crippen molar-refractivity contribution in [3.63, 3.8) is 0 Å². The second-order valence-corrected chi connectivity index (χ2v) is 7.82. The van der Waals surface area contributed by atoms with Crippen LogP contribution in [-0.4, -0.2) is 62.1 Å². The third-order valence-corrected chi connectivity index (χ3v) is 7.00. The number of nitrogens with one attached hydrogen (secondary N) is 1. The molecule has 6 nitrogen and oxygen atoms in total. The zero-order valence-corrected chi connectivity index (χ0v) is 14.2. The standard InChI is InChI=1S/C19H21N5O/c25-18(24-11-10-23-9-7-19(23)6-5-15(19)24)17-13-3-4-14-12(2-1-8-20-14)16(13)21-22-17/h1-2,8,15H,3-7,9-11H2,(H,21,22). The van der Waals surface area contributed by atoms with Crippen LogP contribution in [0, 0.1) is 0 Å². The van der Waals surface area contributed by atoms with Crippen molar-refractivity contribution in [1.82, 2.24) is 25.0 Å². The minimum atomic E-state index is 0.150. The van der Waals surface area contributed by atoms with Crippen molar-refractivity contribution in [3.8, 4) is 11.3 Å². The Kier molecular flexibility index (Phi) is 2.63. The molecular formula is C19H21N5O. The highest BCUT2D eigenvalue weighted by atomic mass is 16.2. The van der Waals surface area contributed by atoms with Gasteiger partial charge in [0.25, 0.3) is 5.91 Å². The Hall–Kier alpha value is -2.21. The molecule has 0 bridgehead atoms. The number of nitrogens with zero attached hydrogens (tertiary/aromatic N) is 4. The Morgan fingerprint density at radius 1 is 1.24 bits per heavy atom.